The van der Waals surface area contributed by atoms with E-state index < -0.39 is 18.5 Å². The summed E-state index contributed by atoms with van der Waals surface area (Å²) in [5.41, 5.74) is 1.92. The molecule has 168 valence electrons. The van der Waals surface area contributed by atoms with E-state index >= 15 is 0 Å². The van der Waals surface area contributed by atoms with Gasteiger partial charge in [-0.15, -0.1) is 0 Å². The van der Waals surface area contributed by atoms with Crippen LogP contribution in [0.5, 0.6) is 0 Å². The first-order chi connectivity index (χ1) is 16.5. The van der Waals surface area contributed by atoms with Gasteiger partial charge in [-0.25, -0.2) is 4.79 Å². The van der Waals surface area contributed by atoms with Crippen molar-refractivity contribution in [2.45, 2.75) is 0 Å². The van der Waals surface area contributed by atoms with Crippen molar-refractivity contribution in [3.8, 4) is 0 Å². The maximum absolute atomic E-state index is 13.7. The van der Waals surface area contributed by atoms with Gasteiger partial charge in [-0.1, -0.05) is 60.1 Å². The molecule has 0 aliphatic rings. The molecule has 0 radical (unpaired) electrons. The highest BCUT2D eigenvalue weighted by Gasteiger charge is 2.25. The van der Waals surface area contributed by atoms with Gasteiger partial charge in [-0.2, -0.15) is 0 Å². The number of benzene rings is 4. The van der Waals surface area contributed by atoms with E-state index in [4.69, 9.17) is 16.3 Å². The van der Waals surface area contributed by atoms with Crippen molar-refractivity contribution in [3.05, 3.63) is 131 Å². The van der Waals surface area contributed by atoms with Crippen molar-refractivity contribution in [3.63, 3.8) is 0 Å². The normalized spacial score (nSPS) is 10.4. The van der Waals surface area contributed by atoms with Gasteiger partial charge < -0.3 is 4.74 Å². The molecular weight excluding hydrogens is 450 g/mol. The molecule has 4 aromatic rings. The fourth-order valence-electron chi connectivity index (χ4n) is 3.43. The second-order valence-corrected chi connectivity index (χ2v) is 7.80. The number of ketones is 1. The predicted octanol–water partition coefficient (Wildman–Crippen LogP) is 6.36. The molecule has 0 spiro atoms. The summed E-state index contributed by atoms with van der Waals surface area (Å²) < 4.78 is 5.26. The summed E-state index contributed by atoms with van der Waals surface area (Å²) in [7, 11) is 0. The van der Waals surface area contributed by atoms with Crippen molar-refractivity contribution in [1.82, 2.24) is 0 Å². The Hall–Kier alpha value is -4.22. The topological polar surface area (TPSA) is 63.7 Å². The molecule has 0 heterocycles. The first kappa shape index (κ1) is 23.0. The van der Waals surface area contributed by atoms with Crippen LogP contribution in [0.25, 0.3) is 0 Å². The van der Waals surface area contributed by atoms with Crippen LogP contribution in [0.1, 0.15) is 31.1 Å². The minimum Gasteiger partial charge on any atom is -0.454 e. The smallest absolute Gasteiger partial charge is 0.339 e. The zero-order valence-electron chi connectivity index (χ0n) is 18.1. The fraction of sp³-hybridized carbons (Fsp3) is 0.0357. The first-order valence-electron chi connectivity index (χ1n) is 10.5. The number of hydrogen-bond donors (Lipinski definition) is 0. The number of amides is 1. The summed E-state index contributed by atoms with van der Waals surface area (Å²) in [4.78, 5) is 40.5. The van der Waals surface area contributed by atoms with E-state index in [-0.39, 0.29) is 16.9 Å². The van der Waals surface area contributed by atoms with Crippen LogP contribution in [0.15, 0.2) is 109 Å². The summed E-state index contributed by atoms with van der Waals surface area (Å²) in [5, 5.41) is 0.502. The van der Waals surface area contributed by atoms with Crippen molar-refractivity contribution in [1.29, 1.82) is 0 Å². The van der Waals surface area contributed by atoms with Gasteiger partial charge in [0, 0.05) is 22.0 Å². The van der Waals surface area contributed by atoms with Crippen LogP contribution in [-0.4, -0.2) is 24.3 Å². The molecule has 34 heavy (non-hydrogen) atoms. The number of anilines is 2. The van der Waals surface area contributed by atoms with Crippen LogP contribution >= 0.6 is 11.6 Å². The van der Waals surface area contributed by atoms with Gasteiger partial charge in [0.1, 0.15) is 0 Å². The van der Waals surface area contributed by atoms with Crippen molar-refractivity contribution in [2.24, 2.45) is 0 Å². The Bertz CT molecular complexity index is 1270. The van der Waals surface area contributed by atoms with E-state index in [1.165, 1.54) is 11.0 Å². The van der Waals surface area contributed by atoms with Crippen LogP contribution in [0.2, 0.25) is 5.02 Å². The van der Waals surface area contributed by atoms with E-state index in [1.807, 2.05) is 60.7 Å². The third-order valence-corrected chi connectivity index (χ3v) is 5.36. The number of carbonyl (C=O) groups is 3. The number of carbonyl (C=O) groups excluding carboxylic acids is 3. The number of ether oxygens (including phenoxy) is 1. The molecule has 0 aromatic heterocycles. The van der Waals surface area contributed by atoms with E-state index in [0.717, 1.165) is 0 Å². The summed E-state index contributed by atoms with van der Waals surface area (Å²) in [6, 6.07) is 31.0. The monoisotopic (exact) mass is 469 g/mol. The molecule has 0 atom stereocenters. The maximum atomic E-state index is 13.7. The van der Waals surface area contributed by atoms with Gasteiger partial charge >= 0.3 is 5.97 Å². The fourth-order valence-corrected chi connectivity index (χ4v) is 3.56. The molecule has 0 saturated heterocycles. The number of hydrogen-bond acceptors (Lipinski definition) is 4. The summed E-state index contributed by atoms with van der Waals surface area (Å²) in [5.74, 6) is -1.52. The molecule has 0 aliphatic carbocycles. The molecule has 1 amide bonds. The maximum Gasteiger partial charge on any atom is 0.339 e. The average Bonchev–Trinajstić information content (AvgIpc) is 2.89. The molecular formula is C28H20ClNO4. The lowest BCUT2D eigenvalue weighted by Crippen LogP contribution is -2.28. The Morgan fingerprint density at radius 1 is 0.647 bits per heavy atom. The van der Waals surface area contributed by atoms with Crippen molar-refractivity contribution >= 4 is 40.6 Å². The Balaban J connectivity index is 1.60. The lowest BCUT2D eigenvalue weighted by molar-refractivity contribution is 0.0472. The number of halogens is 1. The minimum atomic E-state index is -0.757. The Morgan fingerprint density at radius 3 is 1.71 bits per heavy atom. The number of para-hydroxylation sites is 2. The molecule has 0 saturated carbocycles. The largest absolute Gasteiger partial charge is 0.454 e. The highest BCUT2D eigenvalue weighted by Crippen LogP contribution is 2.28. The van der Waals surface area contributed by atoms with Crippen LogP contribution < -0.4 is 4.90 Å². The molecule has 4 aromatic carbocycles. The van der Waals surface area contributed by atoms with Gasteiger partial charge in [-0.3, -0.25) is 14.5 Å². The summed E-state index contributed by atoms with van der Waals surface area (Å²) in [6.45, 7) is -0.454. The van der Waals surface area contributed by atoms with Crippen molar-refractivity contribution < 1.29 is 19.1 Å². The minimum absolute atomic E-state index is 0.0771. The van der Waals surface area contributed by atoms with Crippen molar-refractivity contribution in [2.75, 3.05) is 11.5 Å². The van der Waals surface area contributed by atoms with E-state index in [1.54, 1.807) is 42.5 Å². The van der Waals surface area contributed by atoms with Gasteiger partial charge in [0.2, 0.25) is 0 Å². The third-order valence-electron chi connectivity index (χ3n) is 5.11. The predicted molar refractivity (Wildman–Crippen MR) is 132 cm³/mol. The van der Waals surface area contributed by atoms with E-state index in [9.17, 15) is 14.4 Å². The number of nitrogens with zero attached hydrogens (tertiary/aromatic N) is 1. The second-order valence-electron chi connectivity index (χ2n) is 7.36. The lowest BCUT2D eigenvalue weighted by atomic mass is 10.1. The van der Waals surface area contributed by atoms with Gasteiger partial charge in [-0.05, 0) is 60.7 Å². The van der Waals surface area contributed by atoms with Gasteiger partial charge in [0.05, 0.1) is 11.1 Å². The lowest BCUT2D eigenvalue weighted by Gasteiger charge is -2.24. The molecule has 0 unspecified atom stereocenters. The second kappa shape index (κ2) is 10.6. The van der Waals surface area contributed by atoms with Crippen LogP contribution in [0, 0.1) is 0 Å². The quantitative estimate of drug-likeness (QED) is 0.233. The van der Waals surface area contributed by atoms with E-state index in [2.05, 4.69) is 0 Å². The molecule has 0 fully saturated rings. The highest BCUT2D eigenvalue weighted by atomic mass is 35.5. The summed E-state index contributed by atoms with van der Waals surface area (Å²) in [6.07, 6.45) is 0. The van der Waals surface area contributed by atoms with Gasteiger partial charge in [0.25, 0.3) is 5.91 Å². The Kier molecular flexibility index (Phi) is 7.16. The third kappa shape index (κ3) is 5.22. The number of rotatable bonds is 7. The molecule has 5 nitrogen and oxygen atoms in total. The first-order valence-corrected chi connectivity index (χ1v) is 10.9. The molecule has 0 N–H and O–H groups in total. The molecule has 4 rings (SSSR count). The summed E-state index contributed by atoms with van der Waals surface area (Å²) >= 11 is 5.85. The molecule has 6 heteroatoms. The average molecular weight is 470 g/mol. The SMILES string of the molecule is O=C(COC(=O)c1ccccc1C(=O)N(c1ccccc1)c1ccccc1)c1ccc(Cl)cc1. The Morgan fingerprint density at radius 2 is 1.15 bits per heavy atom. The highest BCUT2D eigenvalue weighted by molar-refractivity contribution is 6.30. The van der Waals surface area contributed by atoms with Crippen LogP contribution in [0.3, 0.4) is 0 Å². The molecule has 0 aliphatic heterocycles. The standard InChI is InChI=1S/C28H20ClNO4/c29-21-17-15-20(16-18-21)26(31)19-34-28(33)25-14-8-7-13-24(25)27(32)30(22-9-3-1-4-10-22)23-11-5-2-6-12-23/h1-18H,19H2. The van der Waals surface area contributed by atoms with Crippen LogP contribution in [0.4, 0.5) is 11.4 Å². The van der Waals surface area contributed by atoms with E-state index in [0.29, 0.717) is 22.0 Å². The molecule has 0 bridgehead atoms. The number of Topliss-reactive ketones (excluding diaryl/α,β-unsaturated/α-hetero) is 1. The Labute approximate surface area is 202 Å². The zero-order valence-corrected chi connectivity index (χ0v) is 18.8. The zero-order chi connectivity index (χ0) is 23.9. The van der Waals surface area contributed by atoms with Gasteiger partial charge in [0.15, 0.2) is 12.4 Å². The van der Waals surface area contributed by atoms with Crippen LogP contribution in [-0.2, 0) is 4.74 Å². The number of esters is 1.